The highest BCUT2D eigenvalue weighted by Crippen LogP contribution is 2.11. The molecule has 0 fully saturated rings. The highest BCUT2D eigenvalue weighted by Gasteiger charge is 2.27. The summed E-state index contributed by atoms with van der Waals surface area (Å²) in [5.74, 6) is -1.46. The van der Waals surface area contributed by atoms with Gasteiger partial charge in [0.15, 0.2) is 0 Å². The van der Waals surface area contributed by atoms with Crippen LogP contribution in [0.25, 0.3) is 0 Å². The van der Waals surface area contributed by atoms with Gasteiger partial charge in [-0.3, -0.25) is 4.79 Å². The van der Waals surface area contributed by atoms with Gasteiger partial charge in [0.05, 0.1) is 6.54 Å². The third-order valence-electron chi connectivity index (χ3n) is 2.00. The number of halogens is 4. The molecule has 0 bridgehead atoms. The van der Waals surface area contributed by atoms with E-state index in [2.05, 4.69) is 10.6 Å². The van der Waals surface area contributed by atoms with E-state index in [0.717, 1.165) is 12.1 Å². The second-order valence-electron chi connectivity index (χ2n) is 3.71. The van der Waals surface area contributed by atoms with Gasteiger partial charge in [-0.1, -0.05) is 0 Å². The predicted molar refractivity (Wildman–Crippen MR) is 62.5 cm³/mol. The molecule has 0 saturated carbocycles. The molecular formula is C11H11F4N3O2. The first-order valence-corrected chi connectivity index (χ1v) is 5.40. The first-order chi connectivity index (χ1) is 9.26. The lowest BCUT2D eigenvalue weighted by molar-refractivity contribution is -0.137. The van der Waals surface area contributed by atoms with Crippen molar-refractivity contribution in [1.82, 2.24) is 10.6 Å². The van der Waals surface area contributed by atoms with Crippen LogP contribution < -0.4 is 16.0 Å². The van der Waals surface area contributed by atoms with E-state index in [9.17, 15) is 27.2 Å². The molecule has 5 nitrogen and oxygen atoms in total. The lowest BCUT2D eigenvalue weighted by atomic mass is 10.3. The van der Waals surface area contributed by atoms with Gasteiger partial charge in [-0.05, 0) is 24.3 Å². The van der Waals surface area contributed by atoms with E-state index >= 15 is 0 Å². The van der Waals surface area contributed by atoms with Gasteiger partial charge in [0.1, 0.15) is 12.4 Å². The largest absolute Gasteiger partial charge is 0.405 e. The van der Waals surface area contributed by atoms with Crippen LogP contribution in [-0.4, -0.2) is 31.2 Å². The quantitative estimate of drug-likeness (QED) is 0.738. The van der Waals surface area contributed by atoms with Gasteiger partial charge < -0.3 is 16.0 Å². The molecule has 0 spiro atoms. The molecule has 110 valence electrons. The average molecular weight is 293 g/mol. The van der Waals surface area contributed by atoms with Crippen molar-refractivity contribution in [3.63, 3.8) is 0 Å². The van der Waals surface area contributed by atoms with Crippen LogP contribution in [-0.2, 0) is 4.79 Å². The summed E-state index contributed by atoms with van der Waals surface area (Å²) >= 11 is 0. The van der Waals surface area contributed by atoms with Crippen LogP contribution in [0, 0.1) is 5.82 Å². The summed E-state index contributed by atoms with van der Waals surface area (Å²) in [6.45, 7) is -2.07. The van der Waals surface area contributed by atoms with Gasteiger partial charge in [0.2, 0.25) is 5.91 Å². The Morgan fingerprint density at radius 1 is 1.05 bits per heavy atom. The van der Waals surface area contributed by atoms with Gasteiger partial charge in [-0.25, -0.2) is 9.18 Å². The minimum Gasteiger partial charge on any atom is -0.345 e. The number of anilines is 1. The number of amides is 3. The molecule has 0 unspecified atom stereocenters. The molecule has 0 saturated heterocycles. The minimum atomic E-state index is -4.51. The second kappa shape index (κ2) is 6.73. The third-order valence-corrected chi connectivity index (χ3v) is 2.00. The molecular weight excluding hydrogens is 282 g/mol. The predicted octanol–water partition coefficient (Wildman–Crippen LogP) is 1.63. The van der Waals surface area contributed by atoms with Gasteiger partial charge >= 0.3 is 12.2 Å². The van der Waals surface area contributed by atoms with Crippen molar-refractivity contribution in [2.24, 2.45) is 0 Å². The van der Waals surface area contributed by atoms with Crippen molar-refractivity contribution < 1.29 is 27.2 Å². The lowest BCUT2D eigenvalue weighted by Crippen LogP contribution is -2.42. The van der Waals surface area contributed by atoms with Crippen molar-refractivity contribution in [1.29, 1.82) is 0 Å². The third kappa shape index (κ3) is 6.57. The summed E-state index contributed by atoms with van der Waals surface area (Å²) in [7, 11) is 0. The van der Waals surface area contributed by atoms with E-state index in [1.54, 1.807) is 5.32 Å². The maximum absolute atomic E-state index is 12.6. The van der Waals surface area contributed by atoms with Crippen molar-refractivity contribution >= 4 is 17.6 Å². The summed E-state index contributed by atoms with van der Waals surface area (Å²) in [6, 6.07) is 4.02. The minimum absolute atomic E-state index is 0.277. The highest BCUT2D eigenvalue weighted by atomic mass is 19.4. The Labute approximate surface area is 111 Å². The Bertz CT molecular complexity index is 474. The number of rotatable bonds is 4. The maximum atomic E-state index is 12.6. The second-order valence-corrected chi connectivity index (χ2v) is 3.71. The van der Waals surface area contributed by atoms with E-state index < -0.39 is 37.0 Å². The van der Waals surface area contributed by atoms with Crippen molar-refractivity contribution in [2.75, 3.05) is 18.4 Å². The van der Waals surface area contributed by atoms with Crippen LogP contribution in [0.4, 0.5) is 28.0 Å². The zero-order valence-corrected chi connectivity index (χ0v) is 10.1. The Kier molecular flexibility index (Phi) is 5.30. The first kappa shape index (κ1) is 15.7. The molecule has 0 aromatic heterocycles. The van der Waals surface area contributed by atoms with Crippen LogP contribution >= 0.6 is 0 Å². The zero-order valence-electron chi connectivity index (χ0n) is 10.1. The normalized spacial score (nSPS) is 10.8. The molecule has 1 aromatic carbocycles. The molecule has 0 aliphatic rings. The molecule has 0 atom stereocenters. The molecule has 1 aromatic rings. The number of hydrogen-bond acceptors (Lipinski definition) is 2. The topological polar surface area (TPSA) is 70.2 Å². The summed E-state index contributed by atoms with van der Waals surface area (Å²) in [4.78, 5) is 22.3. The molecule has 3 amide bonds. The number of hydrogen-bond donors (Lipinski definition) is 3. The number of carbonyl (C=O) groups is 2. The molecule has 0 radical (unpaired) electrons. The van der Waals surface area contributed by atoms with Gasteiger partial charge in [-0.15, -0.1) is 0 Å². The zero-order chi connectivity index (χ0) is 15.2. The first-order valence-electron chi connectivity index (χ1n) is 5.40. The molecule has 0 aliphatic heterocycles. The molecule has 20 heavy (non-hydrogen) atoms. The number of carbonyl (C=O) groups excluding carboxylic acids is 2. The van der Waals surface area contributed by atoms with E-state index in [1.165, 1.54) is 12.1 Å². The van der Waals surface area contributed by atoms with Crippen LogP contribution in [0.1, 0.15) is 0 Å². The highest BCUT2D eigenvalue weighted by molar-refractivity contribution is 5.92. The smallest absolute Gasteiger partial charge is 0.345 e. The van der Waals surface area contributed by atoms with Crippen LogP contribution in [0.5, 0.6) is 0 Å². The molecule has 3 N–H and O–H groups in total. The van der Waals surface area contributed by atoms with Gasteiger partial charge in [0, 0.05) is 5.69 Å². The Morgan fingerprint density at radius 2 is 1.65 bits per heavy atom. The van der Waals surface area contributed by atoms with Crippen molar-refractivity contribution in [2.45, 2.75) is 6.18 Å². The molecule has 9 heteroatoms. The fourth-order valence-corrected chi connectivity index (χ4v) is 1.13. The Hall–Kier alpha value is -2.32. The van der Waals surface area contributed by atoms with E-state index in [0.29, 0.717) is 0 Å². The Balaban J connectivity index is 2.29. The monoisotopic (exact) mass is 293 g/mol. The standard InChI is InChI=1S/C11H11F4N3O2/c12-7-1-3-8(4-2-7)18-10(20)16-5-9(19)17-6-11(13,14)15/h1-4H,5-6H2,(H,17,19)(H2,16,18,20). The lowest BCUT2D eigenvalue weighted by Gasteiger charge is -2.09. The molecule has 0 aliphatic carbocycles. The van der Waals surface area contributed by atoms with E-state index in [4.69, 9.17) is 0 Å². The molecule has 1 rings (SSSR count). The number of benzene rings is 1. The summed E-state index contributed by atoms with van der Waals surface area (Å²) < 4.78 is 48.0. The maximum Gasteiger partial charge on any atom is 0.405 e. The summed E-state index contributed by atoms with van der Waals surface area (Å²) in [5.41, 5.74) is 0.277. The van der Waals surface area contributed by atoms with Crippen LogP contribution in [0.15, 0.2) is 24.3 Å². The number of nitrogens with one attached hydrogen (secondary N) is 3. The van der Waals surface area contributed by atoms with Crippen molar-refractivity contribution in [3.8, 4) is 0 Å². The molecule has 0 heterocycles. The fraction of sp³-hybridized carbons (Fsp3) is 0.273. The van der Waals surface area contributed by atoms with Crippen LogP contribution in [0.2, 0.25) is 0 Å². The van der Waals surface area contributed by atoms with Gasteiger partial charge in [-0.2, -0.15) is 13.2 Å². The number of alkyl halides is 3. The van der Waals surface area contributed by atoms with E-state index in [-0.39, 0.29) is 5.69 Å². The average Bonchev–Trinajstić information content (AvgIpc) is 2.36. The summed E-state index contributed by atoms with van der Waals surface area (Å²) in [6.07, 6.45) is -4.51. The fourth-order valence-electron chi connectivity index (χ4n) is 1.13. The summed E-state index contributed by atoms with van der Waals surface area (Å²) in [5, 5.41) is 5.93. The van der Waals surface area contributed by atoms with E-state index in [1.807, 2.05) is 0 Å². The SMILES string of the molecule is O=C(CNC(=O)Nc1ccc(F)cc1)NCC(F)(F)F. The Morgan fingerprint density at radius 3 is 2.20 bits per heavy atom. The number of urea groups is 1. The van der Waals surface area contributed by atoms with Gasteiger partial charge in [0.25, 0.3) is 0 Å². The van der Waals surface area contributed by atoms with Crippen LogP contribution in [0.3, 0.4) is 0 Å². The van der Waals surface area contributed by atoms with Crippen molar-refractivity contribution in [3.05, 3.63) is 30.1 Å².